The van der Waals surface area contributed by atoms with Gasteiger partial charge in [0.05, 0.1) is 18.7 Å². The van der Waals surface area contributed by atoms with E-state index < -0.39 is 0 Å². The van der Waals surface area contributed by atoms with Crippen LogP contribution >= 0.6 is 0 Å². The number of fused-ring (bicyclic) bond motifs is 2. The Balaban J connectivity index is 1.23. The molecule has 0 radical (unpaired) electrons. The van der Waals surface area contributed by atoms with Crippen LogP contribution in [0.15, 0.2) is 67.4 Å². The number of hydrogen-bond donors (Lipinski definition) is 1. The van der Waals surface area contributed by atoms with E-state index in [0.717, 1.165) is 52.3 Å². The fourth-order valence-electron chi connectivity index (χ4n) is 3.97. The highest BCUT2D eigenvalue weighted by Gasteiger charge is 2.17. The monoisotopic (exact) mass is 454 g/mol. The number of ether oxygens (including phenoxy) is 3. The summed E-state index contributed by atoms with van der Waals surface area (Å²) in [6, 6.07) is 15.5. The van der Waals surface area contributed by atoms with E-state index in [1.807, 2.05) is 61.7 Å². The molecule has 0 unspecified atom stereocenters. The van der Waals surface area contributed by atoms with Crippen molar-refractivity contribution in [3.05, 3.63) is 72.9 Å². The maximum absolute atomic E-state index is 6.08. The molecule has 1 aliphatic rings. The number of hydrogen-bond acceptors (Lipinski definition) is 8. The lowest BCUT2D eigenvalue weighted by atomic mass is 10.2. The third kappa shape index (κ3) is 4.08. The molecule has 1 saturated heterocycles. The number of nitrogens with one attached hydrogen (secondary N) is 1. The number of aromatic nitrogens is 5. The van der Waals surface area contributed by atoms with Gasteiger partial charge in [0.15, 0.2) is 5.65 Å². The molecule has 2 aromatic carbocycles. The fraction of sp³-hybridized carbons (Fsp3) is 0.200. The minimum atomic E-state index is 0.0825. The van der Waals surface area contributed by atoms with Crippen molar-refractivity contribution in [1.82, 2.24) is 24.6 Å². The zero-order valence-electron chi connectivity index (χ0n) is 18.5. The average Bonchev–Trinajstić information content (AvgIpc) is 3.53. The normalized spacial score (nSPS) is 15.6. The van der Waals surface area contributed by atoms with E-state index in [-0.39, 0.29) is 6.10 Å². The highest BCUT2D eigenvalue weighted by Crippen LogP contribution is 2.31. The van der Waals surface area contributed by atoms with E-state index in [4.69, 9.17) is 14.2 Å². The van der Waals surface area contributed by atoms with Gasteiger partial charge in [-0.1, -0.05) is 0 Å². The summed E-state index contributed by atoms with van der Waals surface area (Å²) in [5.74, 6) is 2.96. The standard InChI is InChI=1S/C25H22N6O3/c1-16-10-17(2-5-23(16)34-19-6-8-31-24(12-19)27-15-29-31)30-25-21-11-18(33-20-7-9-32-13-20)3-4-22(21)26-14-28-25/h2-6,8,10-12,14-15,20H,7,9,13H2,1H3,(H,26,28,30)/t20-/m0/s1. The molecule has 1 N–H and O–H groups in total. The molecule has 34 heavy (non-hydrogen) atoms. The predicted octanol–water partition coefficient (Wildman–Crippen LogP) is 4.68. The molecule has 0 aliphatic carbocycles. The summed E-state index contributed by atoms with van der Waals surface area (Å²) < 4.78 is 19.3. The van der Waals surface area contributed by atoms with Gasteiger partial charge in [0.1, 0.15) is 41.8 Å². The highest BCUT2D eigenvalue weighted by molar-refractivity contribution is 5.91. The Kier molecular flexibility index (Phi) is 5.15. The number of benzene rings is 2. The summed E-state index contributed by atoms with van der Waals surface area (Å²) in [6.45, 7) is 3.36. The first-order chi connectivity index (χ1) is 16.7. The average molecular weight is 454 g/mol. The van der Waals surface area contributed by atoms with E-state index in [0.29, 0.717) is 18.2 Å². The number of rotatable bonds is 6. The van der Waals surface area contributed by atoms with Crippen molar-refractivity contribution >= 4 is 28.1 Å². The zero-order chi connectivity index (χ0) is 22.9. The summed E-state index contributed by atoms with van der Waals surface area (Å²) in [5.41, 5.74) is 3.45. The maximum Gasteiger partial charge on any atom is 0.158 e. The van der Waals surface area contributed by atoms with Crippen molar-refractivity contribution in [1.29, 1.82) is 0 Å². The summed E-state index contributed by atoms with van der Waals surface area (Å²) in [7, 11) is 0. The van der Waals surface area contributed by atoms with E-state index >= 15 is 0 Å². The molecular weight excluding hydrogens is 432 g/mol. The van der Waals surface area contributed by atoms with Crippen LogP contribution < -0.4 is 14.8 Å². The molecule has 0 saturated carbocycles. The van der Waals surface area contributed by atoms with Crippen molar-refractivity contribution in [3.8, 4) is 17.2 Å². The van der Waals surface area contributed by atoms with Crippen LogP contribution in [-0.2, 0) is 4.74 Å². The van der Waals surface area contributed by atoms with E-state index in [1.165, 1.54) is 6.33 Å². The minimum Gasteiger partial charge on any atom is -0.488 e. The summed E-state index contributed by atoms with van der Waals surface area (Å²) >= 11 is 0. The molecule has 1 aliphatic heterocycles. The largest absolute Gasteiger partial charge is 0.488 e. The van der Waals surface area contributed by atoms with Crippen LogP contribution in [0.5, 0.6) is 17.2 Å². The number of anilines is 2. The van der Waals surface area contributed by atoms with E-state index in [9.17, 15) is 0 Å². The second-order valence-electron chi connectivity index (χ2n) is 8.14. The predicted molar refractivity (Wildman–Crippen MR) is 127 cm³/mol. The van der Waals surface area contributed by atoms with E-state index in [1.54, 1.807) is 10.8 Å². The molecule has 5 aromatic rings. The van der Waals surface area contributed by atoms with Crippen molar-refractivity contribution in [3.63, 3.8) is 0 Å². The number of pyridine rings is 1. The van der Waals surface area contributed by atoms with Gasteiger partial charge in [0.25, 0.3) is 0 Å². The van der Waals surface area contributed by atoms with Crippen LogP contribution in [0.25, 0.3) is 16.6 Å². The Bertz CT molecular complexity index is 1480. The lowest BCUT2D eigenvalue weighted by Gasteiger charge is -2.14. The van der Waals surface area contributed by atoms with Gasteiger partial charge in [-0.05, 0) is 55.0 Å². The van der Waals surface area contributed by atoms with Crippen LogP contribution in [0.1, 0.15) is 12.0 Å². The topological polar surface area (TPSA) is 95.7 Å². The molecule has 0 bridgehead atoms. The molecule has 0 spiro atoms. The molecule has 1 atom stereocenters. The number of nitrogens with zero attached hydrogens (tertiary/aromatic N) is 5. The Hall–Kier alpha value is -4.24. The molecule has 0 amide bonds. The first-order valence-corrected chi connectivity index (χ1v) is 11.1. The number of aryl methyl sites for hydroxylation is 1. The third-order valence-electron chi connectivity index (χ3n) is 5.72. The second-order valence-corrected chi connectivity index (χ2v) is 8.14. The summed E-state index contributed by atoms with van der Waals surface area (Å²) in [4.78, 5) is 13.1. The molecular formula is C25H22N6O3. The van der Waals surface area contributed by atoms with Crippen LogP contribution in [0.4, 0.5) is 11.5 Å². The van der Waals surface area contributed by atoms with Crippen LogP contribution in [0, 0.1) is 6.92 Å². The van der Waals surface area contributed by atoms with Gasteiger partial charge >= 0.3 is 0 Å². The third-order valence-corrected chi connectivity index (χ3v) is 5.72. The second kappa shape index (κ2) is 8.60. The maximum atomic E-state index is 6.08. The van der Waals surface area contributed by atoms with Crippen molar-refractivity contribution < 1.29 is 14.2 Å². The molecule has 9 nitrogen and oxygen atoms in total. The molecule has 6 rings (SSSR count). The van der Waals surface area contributed by atoms with Crippen molar-refractivity contribution in [2.24, 2.45) is 0 Å². The van der Waals surface area contributed by atoms with Crippen molar-refractivity contribution in [2.45, 2.75) is 19.4 Å². The van der Waals surface area contributed by atoms with Gasteiger partial charge in [0, 0.05) is 29.8 Å². The van der Waals surface area contributed by atoms with Gasteiger partial charge in [0.2, 0.25) is 0 Å². The van der Waals surface area contributed by atoms with Crippen molar-refractivity contribution in [2.75, 3.05) is 18.5 Å². The Morgan fingerprint density at radius 3 is 2.85 bits per heavy atom. The van der Waals surface area contributed by atoms with Gasteiger partial charge in [-0.3, -0.25) is 0 Å². The molecule has 3 aromatic heterocycles. The van der Waals surface area contributed by atoms with Gasteiger partial charge < -0.3 is 19.5 Å². The first kappa shape index (κ1) is 20.4. The Labute approximate surface area is 195 Å². The molecule has 170 valence electrons. The Morgan fingerprint density at radius 1 is 1.00 bits per heavy atom. The van der Waals surface area contributed by atoms with Crippen LogP contribution in [0.2, 0.25) is 0 Å². The molecule has 4 heterocycles. The molecule has 1 fully saturated rings. The quantitative estimate of drug-likeness (QED) is 0.395. The van der Waals surface area contributed by atoms with Gasteiger partial charge in [-0.15, -0.1) is 0 Å². The van der Waals surface area contributed by atoms with Crippen LogP contribution in [0.3, 0.4) is 0 Å². The lowest BCUT2D eigenvalue weighted by Crippen LogP contribution is -2.15. The Morgan fingerprint density at radius 2 is 1.97 bits per heavy atom. The summed E-state index contributed by atoms with van der Waals surface area (Å²) in [6.07, 6.45) is 5.87. The van der Waals surface area contributed by atoms with Gasteiger partial charge in [-0.25, -0.2) is 19.5 Å². The smallest absolute Gasteiger partial charge is 0.158 e. The summed E-state index contributed by atoms with van der Waals surface area (Å²) in [5, 5.41) is 8.41. The highest BCUT2D eigenvalue weighted by atomic mass is 16.5. The lowest BCUT2D eigenvalue weighted by molar-refractivity contribution is 0.141. The van der Waals surface area contributed by atoms with Crippen LogP contribution in [-0.4, -0.2) is 43.9 Å². The molecule has 9 heteroatoms. The van der Waals surface area contributed by atoms with Gasteiger partial charge in [-0.2, -0.15) is 5.10 Å². The van der Waals surface area contributed by atoms with E-state index in [2.05, 4.69) is 25.4 Å². The zero-order valence-corrected chi connectivity index (χ0v) is 18.5. The fourth-order valence-corrected chi connectivity index (χ4v) is 3.97. The first-order valence-electron chi connectivity index (χ1n) is 11.1. The minimum absolute atomic E-state index is 0.0825. The SMILES string of the molecule is Cc1cc(Nc2ncnc3ccc(O[C@H]4CCOC4)cc23)ccc1Oc1ccn2ncnc2c1.